The monoisotopic (exact) mass is 484 g/mol. The number of hydrogen-bond acceptors (Lipinski definition) is 5. The maximum absolute atomic E-state index is 13.4. The average molecular weight is 485 g/mol. The summed E-state index contributed by atoms with van der Waals surface area (Å²) >= 11 is 0. The second kappa shape index (κ2) is 9.63. The van der Waals surface area contributed by atoms with Gasteiger partial charge in [-0.3, -0.25) is 20.2 Å². The Labute approximate surface area is 206 Å². The number of aliphatic carboxylic acids is 1. The molecular weight excluding hydrogens is 460 g/mol. The number of carboxylic acid groups (broad SMARTS) is 1. The molecule has 0 bridgehead atoms. The molecule has 0 saturated carbocycles. The van der Waals surface area contributed by atoms with Crippen molar-refractivity contribution in [3.8, 4) is 0 Å². The standard InChI is InChI=1S/C27H24N4O5/c32-26(30-23(27(33)34)14-16-6-2-1-3-7-16)22-15-20-19-8-4-5-9-21(19)28-25(20)24(29-22)17-10-12-18(13-11-17)31(35)36/h1-13,22-24,28-29H,14-15H2,(H,30,32)(H,33,34)/t22-,23-,24-/m0/s1. The highest BCUT2D eigenvalue weighted by Gasteiger charge is 2.35. The lowest BCUT2D eigenvalue weighted by molar-refractivity contribution is -0.384. The zero-order chi connectivity index (χ0) is 25.2. The lowest BCUT2D eigenvalue weighted by Gasteiger charge is -2.31. The summed E-state index contributed by atoms with van der Waals surface area (Å²) in [7, 11) is 0. The van der Waals surface area contributed by atoms with E-state index in [1.165, 1.54) is 12.1 Å². The number of non-ortho nitro benzene ring substituents is 1. The molecule has 1 aliphatic rings. The quantitative estimate of drug-likeness (QED) is 0.234. The number of hydrogen-bond donors (Lipinski definition) is 4. The number of carboxylic acids is 1. The van der Waals surface area contributed by atoms with Crippen LogP contribution in [-0.4, -0.2) is 39.0 Å². The van der Waals surface area contributed by atoms with Gasteiger partial charge >= 0.3 is 5.97 Å². The van der Waals surface area contributed by atoms with Crippen molar-refractivity contribution in [2.75, 3.05) is 0 Å². The van der Waals surface area contributed by atoms with Crippen LogP contribution in [0.1, 0.15) is 28.4 Å². The predicted octanol–water partition coefficient (Wildman–Crippen LogP) is 3.49. The maximum atomic E-state index is 13.4. The number of aromatic amines is 1. The fourth-order valence-corrected chi connectivity index (χ4v) is 4.78. The van der Waals surface area contributed by atoms with E-state index in [4.69, 9.17) is 0 Å². The molecule has 182 valence electrons. The van der Waals surface area contributed by atoms with Crippen LogP contribution in [0.25, 0.3) is 10.9 Å². The van der Waals surface area contributed by atoms with Crippen molar-refractivity contribution in [2.45, 2.75) is 31.0 Å². The second-order valence-corrected chi connectivity index (χ2v) is 8.86. The maximum Gasteiger partial charge on any atom is 0.326 e. The van der Waals surface area contributed by atoms with Crippen molar-refractivity contribution in [2.24, 2.45) is 0 Å². The van der Waals surface area contributed by atoms with Crippen LogP contribution in [0.5, 0.6) is 0 Å². The van der Waals surface area contributed by atoms with Crippen molar-refractivity contribution >= 4 is 28.5 Å². The van der Waals surface area contributed by atoms with Gasteiger partial charge in [-0.05, 0) is 29.2 Å². The Morgan fingerprint density at radius 2 is 1.72 bits per heavy atom. The van der Waals surface area contributed by atoms with Gasteiger partial charge in [0.2, 0.25) is 5.91 Å². The van der Waals surface area contributed by atoms with Gasteiger partial charge in [0.25, 0.3) is 5.69 Å². The van der Waals surface area contributed by atoms with Crippen LogP contribution >= 0.6 is 0 Å². The largest absolute Gasteiger partial charge is 0.480 e. The number of carbonyl (C=O) groups is 2. The third-order valence-electron chi connectivity index (χ3n) is 6.56. The Kier molecular flexibility index (Phi) is 6.22. The van der Waals surface area contributed by atoms with Crippen molar-refractivity contribution in [3.63, 3.8) is 0 Å². The van der Waals surface area contributed by atoms with Crippen LogP contribution < -0.4 is 10.6 Å². The van der Waals surface area contributed by atoms with Crippen LogP contribution in [0.15, 0.2) is 78.9 Å². The lowest BCUT2D eigenvalue weighted by atomic mass is 9.89. The van der Waals surface area contributed by atoms with Crippen molar-refractivity contribution < 1.29 is 19.6 Å². The summed E-state index contributed by atoms with van der Waals surface area (Å²) in [4.78, 5) is 39.4. The van der Waals surface area contributed by atoms with E-state index in [2.05, 4.69) is 15.6 Å². The number of nitro groups is 1. The van der Waals surface area contributed by atoms with Crippen molar-refractivity contribution in [1.29, 1.82) is 0 Å². The number of amides is 1. The minimum absolute atomic E-state index is 0.0223. The minimum atomic E-state index is -1.11. The summed E-state index contributed by atoms with van der Waals surface area (Å²) < 4.78 is 0. The summed E-state index contributed by atoms with van der Waals surface area (Å²) in [6.45, 7) is 0. The number of carbonyl (C=O) groups excluding carboxylic acids is 1. The Bertz CT molecular complexity index is 1430. The third-order valence-corrected chi connectivity index (χ3v) is 6.56. The first-order chi connectivity index (χ1) is 17.4. The molecule has 9 nitrogen and oxygen atoms in total. The topological polar surface area (TPSA) is 137 Å². The molecule has 0 aliphatic carbocycles. The van der Waals surface area contributed by atoms with Gasteiger partial charge in [-0.25, -0.2) is 4.79 Å². The van der Waals surface area contributed by atoms with Gasteiger partial charge in [0.05, 0.1) is 17.0 Å². The molecule has 0 fully saturated rings. The smallest absolute Gasteiger partial charge is 0.326 e. The van der Waals surface area contributed by atoms with Crippen LogP contribution in [-0.2, 0) is 22.4 Å². The summed E-state index contributed by atoms with van der Waals surface area (Å²) in [5.74, 6) is -1.52. The van der Waals surface area contributed by atoms with E-state index < -0.39 is 34.9 Å². The highest BCUT2D eigenvalue weighted by atomic mass is 16.6. The molecule has 0 radical (unpaired) electrons. The number of fused-ring (bicyclic) bond motifs is 3. The SMILES string of the molecule is O=C(O)[C@H](Cc1ccccc1)NC(=O)[C@@H]1Cc2c([nH]c3ccccc23)[C@H](c2ccc([N+](=O)[O-])cc2)N1. The summed E-state index contributed by atoms with van der Waals surface area (Å²) in [5.41, 5.74) is 4.31. The molecule has 2 heterocycles. The molecule has 0 spiro atoms. The van der Waals surface area contributed by atoms with Crippen molar-refractivity contribution in [3.05, 3.63) is 111 Å². The Morgan fingerprint density at radius 3 is 2.42 bits per heavy atom. The van der Waals surface area contributed by atoms with Gasteiger partial charge in [0, 0.05) is 35.2 Å². The number of nitro benzene ring substituents is 1. The van der Waals surface area contributed by atoms with Crippen LogP contribution in [0.3, 0.4) is 0 Å². The Hall–Kier alpha value is -4.50. The number of H-pyrrole nitrogens is 1. The molecule has 1 amide bonds. The molecule has 5 rings (SSSR count). The zero-order valence-corrected chi connectivity index (χ0v) is 19.2. The molecule has 4 aromatic rings. The molecule has 4 N–H and O–H groups in total. The van der Waals surface area contributed by atoms with Gasteiger partial charge in [0.1, 0.15) is 6.04 Å². The van der Waals surface area contributed by atoms with E-state index in [0.717, 1.165) is 33.3 Å². The van der Waals surface area contributed by atoms with E-state index in [9.17, 15) is 24.8 Å². The normalized spacial score (nSPS) is 17.8. The van der Waals surface area contributed by atoms with Gasteiger partial charge in [0.15, 0.2) is 0 Å². The fourth-order valence-electron chi connectivity index (χ4n) is 4.78. The van der Waals surface area contributed by atoms with E-state index >= 15 is 0 Å². The summed E-state index contributed by atoms with van der Waals surface area (Å²) in [6.07, 6.45) is 0.533. The number of para-hydroxylation sites is 1. The van der Waals surface area contributed by atoms with E-state index in [-0.39, 0.29) is 12.1 Å². The average Bonchev–Trinajstić information content (AvgIpc) is 3.27. The Balaban J connectivity index is 1.46. The van der Waals surface area contributed by atoms with E-state index in [0.29, 0.717) is 6.42 Å². The van der Waals surface area contributed by atoms with Gasteiger partial charge in [-0.1, -0.05) is 60.7 Å². The first kappa shape index (κ1) is 23.3. The number of nitrogens with zero attached hydrogens (tertiary/aromatic N) is 1. The molecule has 0 saturated heterocycles. The van der Waals surface area contributed by atoms with Gasteiger partial charge < -0.3 is 15.4 Å². The highest BCUT2D eigenvalue weighted by Crippen LogP contribution is 2.35. The van der Waals surface area contributed by atoms with Gasteiger partial charge in [-0.2, -0.15) is 0 Å². The molecule has 1 aromatic heterocycles. The van der Waals surface area contributed by atoms with Gasteiger partial charge in [-0.15, -0.1) is 0 Å². The number of benzene rings is 3. The molecule has 36 heavy (non-hydrogen) atoms. The van der Waals surface area contributed by atoms with Crippen molar-refractivity contribution in [1.82, 2.24) is 15.6 Å². The molecule has 0 unspecified atom stereocenters. The number of nitrogens with one attached hydrogen (secondary N) is 3. The highest BCUT2D eigenvalue weighted by molar-refractivity contribution is 5.90. The number of rotatable bonds is 7. The Morgan fingerprint density at radius 1 is 1.03 bits per heavy atom. The zero-order valence-electron chi connectivity index (χ0n) is 19.2. The lowest BCUT2D eigenvalue weighted by Crippen LogP contribution is -2.54. The molecular formula is C27H24N4O5. The predicted molar refractivity (Wildman–Crippen MR) is 134 cm³/mol. The van der Waals surface area contributed by atoms with Crippen LogP contribution in [0.2, 0.25) is 0 Å². The fraction of sp³-hybridized carbons (Fsp3) is 0.185. The third kappa shape index (κ3) is 4.56. The summed E-state index contributed by atoms with van der Waals surface area (Å²) in [6, 6.07) is 20.9. The van der Waals surface area contributed by atoms with Crippen LogP contribution in [0.4, 0.5) is 5.69 Å². The molecule has 3 atom stereocenters. The van der Waals surface area contributed by atoms with E-state index in [1.54, 1.807) is 12.1 Å². The second-order valence-electron chi connectivity index (χ2n) is 8.86. The minimum Gasteiger partial charge on any atom is -0.480 e. The molecule has 3 aromatic carbocycles. The molecule has 1 aliphatic heterocycles. The number of aromatic nitrogens is 1. The first-order valence-corrected chi connectivity index (χ1v) is 11.6. The summed E-state index contributed by atoms with van der Waals surface area (Å²) in [5, 5.41) is 27.9. The first-order valence-electron chi connectivity index (χ1n) is 11.6. The van der Waals surface area contributed by atoms with Crippen LogP contribution in [0, 0.1) is 10.1 Å². The van der Waals surface area contributed by atoms with E-state index in [1.807, 2.05) is 54.6 Å². The molecule has 9 heteroatoms.